The molecule has 1 aromatic rings. The third kappa shape index (κ3) is 4.63. The highest BCUT2D eigenvalue weighted by molar-refractivity contribution is 5.29. The monoisotopic (exact) mass is 266 g/mol. The molecule has 0 saturated carbocycles. The molecule has 0 bridgehead atoms. The fraction of sp³-hybridized carbons (Fsp3) is 0.692. The van der Waals surface area contributed by atoms with Gasteiger partial charge in [-0.3, -0.25) is 4.68 Å². The Hall–Kier alpha value is -1.42. The second kappa shape index (κ2) is 6.15. The van der Waals surface area contributed by atoms with E-state index in [0.29, 0.717) is 5.69 Å². The van der Waals surface area contributed by atoms with Crippen LogP contribution < -0.4 is 5.73 Å². The van der Waals surface area contributed by atoms with Crippen LogP contribution >= 0.6 is 0 Å². The molecule has 0 spiro atoms. The lowest BCUT2D eigenvalue weighted by Gasteiger charge is -2.21. The molecule has 6 heteroatoms. The molecule has 0 aromatic carbocycles. The van der Waals surface area contributed by atoms with Crippen LogP contribution in [0, 0.1) is 17.3 Å². The highest BCUT2D eigenvalue weighted by Gasteiger charge is 2.20. The van der Waals surface area contributed by atoms with Gasteiger partial charge in [0.25, 0.3) is 0 Å². The Bertz CT molecular complexity index is 466. The van der Waals surface area contributed by atoms with Crippen molar-refractivity contribution in [2.24, 2.45) is 11.1 Å². The summed E-state index contributed by atoms with van der Waals surface area (Å²) in [5.41, 5.74) is 4.97. The maximum atomic E-state index is 9.02. The summed E-state index contributed by atoms with van der Waals surface area (Å²) in [5, 5.41) is 26.0. The van der Waals surface area contributed by atoms with Gasteiger partial charge >= 0.3 is 0 Å². The van der Waals surface area contributed by atoms with Crippen LogP contribution in [0.4, 0.5) is 0 Å². The number of aliphatic hydroxyl groups is 2. The Labute approximate surface area is 113 Å². The van der Waals surface area contributed by atoms with Crippen LogP contribution in [0.15, 0.2) is 6.20 Å². The van der Waals surface area contributed by atoms with Crippen LogP contribution in [0.3, 0.4) is 0 Å². The molecule has 0 saturated heterocycles. The first kappa shape index (κ1) is 15.6. The summed E-state index contributed by atoms with van der Waals surface area (Å²) in [4.78, 5) is 0. The first-order chi connectivity index (χ1) is 8.84. The van der Waals surface area contributed by atoms with Gasteiger partial charge in [-0.1, -0.05) is 31.9 Å². The van der Waals surface area contributed by atoms with Crippen molar-refractivity contribution >= 4 is 0 Å². The minimum Gasteiger partial charge on any atom is -0.393 e. The SMILES string of the molecule is CCC(C)(C)Cn1cc(C#CC(N)(CO)CO)nn1. The van der Waals surface area contributed by atoms with Crippen molar-refractivity contribution in [2.75, 3.05) is 13.2 Å². The van der Waals surface area contributed by atoms with E-state index in [1.54, 1.807) is 10.9 Å². The standard InChI is InChI=1S/C13H22N4O2/c1-4-12(2,3)8-17-7-11(15-16-17)5-6-13(14,9-18)10-19/h7,18-19H,4,8-10,14H2,1-3H3. The van der Waals surface area contributed by atoms with Crippen LogP contribution in [-0.4, -0.2) is 44.0 Å². The summed E-state index contributed by atoms with van der Waals surface area (Å²) in [6, 6.07) is 0. The molecule has 19 heavy (non-hydrogen) atoms. The Kier molecular flexibility index (Phi) is 5.06. The fourth-order valence-electron chi connectivity index (χ4n) is 1.30. The third-order valence-electron chi connectivity index (χ3n) is 3.09. The van der Waals surface area contributed by atoms with E-state index in [9.17, 15) is 0 Å². The number of nitrogens with zero attached hydrogens (tertiary/aromatic N) is 3. The van der Waals surface area contributed by atoms with E-state index < -0.39 is 18.8 Å². The quantitative estimate of drug-likeness (QED) is 0.638. The molecule has 6 nitrogen and oxygen atoms in total. The Morgan fingerprint density at radius 1 is 1.37 bits per heavy atom. The topological polar surface area (TPSA) is 97.2 Å². The predicted octanol–water partition coefficient (Wildman–Crippen LogP) is -0.252. The second-order valence-corrected chi connectivity index (χ2v) is 5.54. The van der Waals surface area contributed by atoms with E-state index in [0.717, 1.165) is 13.0 Å². The Morgan fingerprint density at radius 2 is 2.00 bits per heavy atom. The number of hydrogen-bond donors (Lipinski definition) is 3. The molecule has 0 atom stereocenters. The van der Waals surface area contributed by atoms with Crippen molar-refractivity contribution in [3.8, 4) is 11.8 Å². The summed E-state index contributed by atoms with van der Waals surface area (Å²) in [5.74, 6) is 5.34. The average molecular weight is 266 g/mol. The maximum absolute atomic E-state index is 9.02. The zero-order valence-corrected chi connectivity index (χ0v) is 11.7. The van der Waals surface area contributed by atoms with Gasteiger partial charge in [0.15, 0.2) is 5.69 Å². The maximum Gasteiger partial charge on any atom is 0.155 e. The molecule has 1 rings (SSSR count). The molecule has 106 valence electrons. The van der Waals surface area contributed by atoms with Crippen molar-refractivity contribution < 1.29 is 10.2 Å². The Balaban J connectivity index is 2.79. The molecule has 0 aliphatic carbocycles. The molecule has 1 aromatic heterocycles. The highest BCUT2D eigenvalue weighted by Crippen LogP contribution is 2.21. The van der Waals surface area contributed by atoms with Crippen molar-refractivity contribution in [1.82, 2.24) is 15.0 Å². The summed E-state index contributed by atoms with van der Waals surface area (Å²) in [6.07, 6.45) is 2.77. The van der Waals surface area contributed by atoms with Gasteiger partial charge in [-0.25, -0.2) is 0 Å². The van der Waals surface area contributed by atoms with Gasteiger partial charge in [0, 0.05) is 6.54 Å². The molecular formula is C13H22N4O2. The lowest BCUT2D eigenvalue weighted by Crippen LogP contribution is -2.45. The second-order valence-electron chi connectivity index (χ2n) is 5.54. The molecule has 0 fully saturated rings. The van der Waals surface area contributed by atoms with E-state index in [-0.39, 0.29) is 5.41 Å². The molecular weight excluding hydrogens is 244 g/mol. The zero-order chi connectivity index (χ0) is 14.5. The van der Waals surface area contributed by atoms with Crippen LogP contribution in [-0.2, 0) is 6.54 Å². The van der Waals surface area contributed by atoms with Crippen molar-refractivity contribution in [3.63, 3.8) is 0 Å². The number of aromatic nitrogens is 3. The molecule has 1 heterocycles. The normalized spacial score (nSPS) is 12.1. The average Bonchev–Trinajstić information content (AvgIpc) is 2.83. The van der Waals surface area contributed by atoms with Crippen LogP contribution in [0.2, 0.25) is 0 Å². The van der Waals surface area contributed by atoms with E-state index in [2.05, 4.69) is 42.9 Å². The van der Waals surface area contributed by atoms with Gasteiger partial charge in [0.2, 0.25) is 0 Å². The minimum absolute atomic E-state index is 0.145. The summed E-state index contributed by atoms with van der Waals surface area (Å²) in [7, 11) is 0. The van der Waals surface area contributed by atoms with E-state index >= 15 is 0 Å². The minimum atomic E-state index is -1.30. The first-order valence-corrected chi connectivity index (χ1v) is 6.28. The van der Waals surface area contributed by atoms with Gasteiger partial charge in [0.05, 0.1) is 19.4 Å². The lowest BCUT2D eigenvalue weighted by atomic mass is 9.90. The van der Waals surface area contributed by atoms with Gasteiger partial charge in [0.1, 0.15) is 5.54 Å². The van der Waals surface area contributed by atoms with Crippen LogP contribution in [0.25, 0.3) is 0 Å². The molecule has 0 amide bonds. The van der Waals surface area contributed by atoms with Gasteiger partial charge in [-0.2, -0.15) is 0 Å². The van der Waals surface area contributed by atoms with Gasteiger partial charge in [-0.15, -0.1) is 5.10 Å². The van der Waals surface area contributed by atoms with Crippen LogP contribution in [0.5, 0.6) is 0 Å². The molecule has 0 radical (unpaired) electrons. The van der Waals surface area contributed by atoms with E-state index in [1.165, 1.54) is 0 Å². The number of rotatable bonds is 5. The molecule has 0 aliphatic heterocycles. The van der Waals surface area contributed by atoms with Crippen molar-refractivity contribution in [2.45, 2.75) is 39.3 Å². The van der Waals surface area contributed by atoms with E-state index in [1.807, 2.05) is 0 Å². The number of nitrogens with two attached hydrogens (primary N) is 1. The number of hydrogen-bond acceptors (Lipinski definition) is 5. The fourth-order valence-corrected chi connectivity index (χ4v) is 1.30. The summed E-state index contributed by atoms with van der Waals surface area (Å²) in [6.45, 7) is 6.38. The van der Waals surface area contributed by atoms with Gasteiger partial charge in [-0.05, 0) is 17.8 Å². The first-order valence-electron chi connectivity index (χ1n) is 6.28. The molecule has 0 unspecified atom stereocenters. The summed E-state index contributed by atoms with van der Waals surface area (Å²) >= 11 is 0. The van der Waals surface area contributed by atoms with Crippen molar-refractivity contribution in [3.05, 3.63) is 11.9 Å². The zero-order valence-electron chi connectivity index (χ0n) is 11.7. The lowest BCUT2D eigenvalue weighted by molar-refractivity contribution is 0.158. The number of aliphatic hydroxyl groups excluding tert-OH is 2. The van der Waals surface area contributed by atoms with E-state index in [4.69, 9.17) is 15.9 Å². The molecule has 4 N–H and O–H groups in total. The largest absolute Gasteiger partial charge is 0.393 e. The predicted molar refractivity (Wildman–Crippen MR) is 72.1 cm³/mol. The summed E-state index contributed by atoms with van der Waals surface area (Å²) < 4.78 is 1.74. The van der Waals surface area contributed by atoms with Gasteiger partial charge < -0.3 is 15.9 Å². The third-order valence-corrected chi connectivity index (χ3v) is 3.09. The van der Waals surface area contributed by atoms with Crippen LogP contribution in [0.1, 0.15) is 32.9 Å². The smallest absolute Gasteiger partial charge is 0.155 e. The van der Waals surface area contributed by atoms with Crippen molar-refractivity contribution in [1.29, 1.82) is 0 Å². The molecule has 0 aliphatic rings. The Morgan fingerprint density at radius 3 is 2.53 bits per heavy atom. The highest BCUT2D eigenvalue weighted by atomic mass is 16.3.